The second-order valence-electron chi connectivity index (χ2n) is 8.28. The van der Waals surface area contributed by atoms with Gasteiger partial charge in [-0.1, -0.05) is 12.1 Å². The van der Waals surface area contributed by atoms with Crippen molar-refractivity contribution in [3.63, 3.8) is 0 Å². The molecule has 2 aromatic carbocycles. The maximum absolute atomic E-state index is 13.1. The van der Waals surface area contributed by atoms with E-state index < -0.39 is 58.3 Å². The van der Waals surface area contributed by atoms with Crippen LogP contribution in [0.3, 0.4) is 0 Å². The average Bonchev–Trinajstić information content (AvgIpc) is 2.81. The van der Waals surface area contributed by atoms with Crippen LogP contribution in [0.4, 0.5) is 14.5 Å². The van der Waals surface area contributed by atoms with Crippen molar-refractivity contribution in [1.82, 2.24) is 5.32 Å². The molecule has 0 bridgehead atoms. The summed E-state index contributed by atoms with van der Waals surface area (Å²) in [5.74, 6) is -4.06. The van der Waals surface area contributed by atoms with E-state index in [0.717, 1.165) is 0 Å². The van der Waals surface area contributed by atoms with Gasteiger partial charge in [0.25, 0.3) is 11.8 Å². The highest BCUT2D eigenvalue weighted by Crippen LogP contribution is 2.38. The predicted molar refractivity (Wildman–Crippen MR) is 116 cm³/mol. The molecule has 1 aliphatic carbocycles. The van der Waals surface area contributed by atoms with Gasteiger partial charge in [0, 0.05) is 24.4 Å². The van der Waals surface area contributed by atoms with Crippen LogP contribution in [0.15, 0.2) is 47.4 Å². The maximum atomic E-state index is 13.1. The van der Waals surface area contributed by atoms with Gasteiger partial charge in [0.15, 0.2) is 9.84 Å². The van der Waals surface area contributed by atoms with Gasteiger partial charge in [0.1, 0.15) is 5.75 Å². The molecule has 1 atom stereocenters. The molecule has 11 heteroatoms. The van der Waals surface area contributed by atoms with Crippen molar-refractivity contribution >= 4 is 27.3 Å². The van der Waals surface area contributed by atoms with Gasteiger partial charge in [-0.05, 0) is 35.9 Å². The molecule has 0 radical (unpaired) electrons. The third-order valence-electron chi connectivity index (χ3n) is 5.73. The first-order valence-corrected chi connectivity index (χ1v) is 11.9. The number of hydrogen-bond donors (Lipinski definition) is 2. The molecule has 4 rings (SSSR count). The molecule has 0 saturated heterocycles. The van der Waals surface area contributed by atoms with Crippen LogP contribution in [0, 0.1) is 0 Å². The third kappa shape index (κ3) is 4.69. The molecule has 3 N–H and O–H groups in total. The Morgan fingerprint density at radius 1 is 1.24 bits per heavy atom. The quantitative estimate of drug-likeness (QED) is 0.676. The Morgan fingerprint density at radius 3 is 2.64 bits per heavy atom. The number of alkyl halides is 2. The first kappa shape index (κ1) is 23.1. The van der Waals surface area contributed by atoms with E-state index in [2.05, 4.69) is 5.32 Å². The zero-order valence-corrected chi connectivity index (χ0v) is 18.6. The van der Waals surface area contributed by atoms with E-state index in [-0.39, 0.29) is 22.7 Å². The summed E-state index contributed by atoms with van der Waals surface area (Å²) in [4.78, 5) is 26.8. The summed E-state index contributed by atoms with van der Waals surface area (Å²) >= 11 is 0. The number of rotatable bonds is 5. The van der Waals surface area contributed by atoms with Crippen LogP contribution in [0.2, 0.25) is 0 Å². The Kier molecular flexibility index (Phi) is 5.87. The Bertz CT molecular complexity index is 1210. The number of sulfone groups is 1. The molecule has 33 heavy (non-hydrogen) atoms. The summed E-state index contributed by atoms with van der Waals surface area (Å²) in [5, 5.41) is 2.52. The number of methoxy groups -OCH3 is 1. The van der Waals surface area contributed by atoms with Crippen LogP contribution in [-0.2, 0) is 21.2 Å². The number of hydrogen-bond acceptors (Lipinski definition) is 6. The molecule has 1 saturated carbocycles. The molecule has 2 aliphatic rings. The summed E-state index contributed by atoms with van der Waals surface area (Å²) in [5.41, 5.74) is 6.63. The van der Waals surface area contributed by atoms with E-state index in [1.165, 1.54) is 30.2 Å². The first-order chi connectivity index (χ1) is 15.5. The summed E-state index contributed by atoms with van der Waals surface area (Å²) in [6.07, 6.45) is -0.902. The number of benzene rings is 2. The molecule has 0 aromatic heterocycles. The largest absolute Gasteiger partial charge is 0.497 e. The molecule has 0 spiro atoms. The smallest absolute Gasteiger partial charge is 0.252 e. The Morgan fingerprint density at radius 2 is 1.97 bits per heavy atom. The number of nitrogens with zero attached hydrogens (tertiary/aromatic N) is 1. The van der Waals surface area contributed by atoms with Crippen molar-refractivity contribution in [2.45, 2.75) is 42.3 Å². The van der Waals surface area contributed by atoms with Crippen molar-refractivity contribution in [2.75, 3.05) is 17.8 Å². The highest BCUT2D eigenvalue weighted by Gasteiger charge is 2.46. The van der Waals surface area contributed by atoms with Crippen LogP contribution in [0.25, 0.3) is 0 Å². The minimum Gasteiger partial charge on any atom is -0.497 e. The fourth-order valence-corrected chi connectivity index (χ4v) is 5.56. The number of fused-ring (bicyclic) bond motifs is 1. The van der Waals surface area contributed by atoms with E-state index in [9.17, 15) is 26.8 Å². The molecule has 176 valence electrons. The van der Waals surface area contributed by atoms with Crippen molar-refractivity contribution in [3.8, 4) is 5.75 Å². The molecular formula is C22H23F2N3O5S. The molecule has 8 nitrogen and oxygen atoms in total. The highest BCUT2D eigenvalue weighted by molar-refractivity contribution is 7.91. The van der Waals surface area contributed by atoms with Gasteiger partial charge in [-0.25, -0.2) is 17.2 Å². The average molecular weight is 480 g/mol. The van der Waals surface area contributed by atoms with Gasteiger partial charge in [-0.2, -0.15) is 0 Å². The summed E-state index contributed by atoms with van der Waals surface area (Å²) in [6.45, 7) is -0.00776. The summed E-state index contributed by atoms with van der Waals surface area (Å²) in [6, 6.07) is 8.78. The van der Waals surface area contributed by atoms with Gasteiger partial charge < -0.3 is 20.7 Å². The number of nitrogens with one attached hydrogen (secondary N) is 1. The topological polar surface area (TPSA) is 119 Å². The van der Waals surface area contributed by atoms with Crippen LogP contribution < -0.4 is 20.7 Å². The molecular weight excluding hydrogens is 456 g/mol. The SMILES string of the molecule is COc1cccc(CN2C(=O)[C@@H](N)CS(=O)(=O)c3ccc(C(=O)NC4CC(F)(F)C4)cc32)c1. The van der Waals surface area contributed by atoms with E-state index >= 15 is 0 Å². The Hall–Kier alpha value is -3.05. The van der Waals surface area contributed by atoms with Gasteiger partial charge in [0.2, 0.25) is 5.91 Å². The number of halogens is 2. The normalized spacial score (nSPS) is 21.5. The second-order valence-corrected chi connectivity index (χ2v) is 10.3. The maximum Gasteiger partial charge on any atom is 0.252 e. The molecule has 0 unspecified atom stereocenters. The zero-order chi connectivity index (χ0) is 24.0. The van der Waals surface area contributed by atoms with Gasteiger partial charge in [0.05, 0.1) is 36.0 Å². The van der Waals surface area contributed by atoms with Crippen LogP contribution >= 0.6 is 0 Å². The summed E-state index contributed by atoms with van der Waals surface area (Å²) in [7, 11) is -2.42. The number of amides is 2. The standard InChI is InChI=1S/C22H23F2N3O5S/c1-32-16-4-2-3-13(7-16)11-27-18-8-14(20(28)26-15-9-22(23,24)10-15)5-6-19(18)33(30,31)12-17(25)21(27)29/h2-8,15,17H,9-12,25H2,1H3,(H,26,28)/t17-/m0/s1. The van der Waals surface area contributed by atoms with Crippen molar-refractivity contribution in [3.05, 3.63) is 53.6 Å². The zero-order valence-electron chi connectivity index (χ0n) is 17.8. The van der Waals surface area contributed by atoms with Crippen LogP contribution in [-0.4, -0.2) is 51.1 Å². The number of carbonyl (C=O) groups excluding carboxylic acids is 2. The van der Waals surface area contributed by atoms with Gasteiger partial charge in [-0.3, -0.25) is 9.59 Å². The lowest BCUT2D eigenvalue weighted by atomic mass is 9.88. The second kappa shape index (κ2) is 8.38. The minimum atomic E-state index is -3.92. The highest BCUT2D eigenvalue weighted by atomic mass is 32.2. The van der Waals surface area contributed by atoms with Gasteiger partial charge >= 0.3 is 0 Å². The fourth-order valence-electron chi connectivity index (χ4n) is 4.00. The van der Waals surface area contributed by atoms with Crippen LogP contribution in [0.1, 0.15) is 28.8 Å². The molecule has 2 amide bonds. The molecule has 1 aliphatic heterocycles. The van der Waals surface area contributed by atoms with Crippen molar-refractivity contribution < 1.29 is 31.5 Å². The van der Waals surface area contributed by atoms with E-state index in [4.69, 9.17) is 10.5 Å². The third-order valence-corrected chi connectivity index (χ3v) is 7.54. The van der Waals surface area contributed by atoms with E-state index in [1.807, 2.05) is 0 Å². The van der Waals surface area contributed by atoms with Crippen molar-refractivity contribution in [2.24, 2.45) is 5.73 Å². The van der Waals surface area contributed by atoms with Gasteiger partial charge in [-0.15, -0.1) is 0 Å². The lowest BCUT2D eigenvalue weighted by molar-refractivity contribution is -0.119. The van der Waals surface area contributed by atoms with Crippen LogP contribution in [0.5, 0.6) is 5.75 Å². The number of ether oxygens (including phenoxy) is 1. The first-order valence-electron chi connectivity index (χ1n) is 10.2. The summed E-state index contributed by atoms with van der Waals surface area (Å²) < 4.78 is 57.2. The number of carbonyl (C=O) groups is 2. The van der Waals surface area contributed by atoms with Crippen molar-refractivity contribution in [1.29, 1.82) is 0 Å². The molecule has 2 aromatic rings. The van der Waals surface area contributed by atoms with E-state index in [1.54, 1.807) is 24.3 Å². The number of anilines is 1. The Balaban J connectivity index is 1.71. The minimum absolute atomic E-state index is 0.00776. The molecule has 1 heterocycles. The fraction of sp³-hybridized carbons (Fsp3) is 0.364. The lowest BCUT2D eigenvalue weighted by Gasteiger charge is -2.35. The van der Waals surface area contributed by atoms with E-state index in [0.29, 0.717) is 11.3 Å². The molecule has 1 fully saturated rings. The predicted octanol–water partition coefficient (Wildman–Crippen LogP) is 1.87. The monoisotopic (exact) mass is 479 g/mol. The Labute approximate surface area is 189 Å². The number of nitrogens with two attached hydrogens (primary N) is 1. The lowest BCUT2D eigenvalue weighted by Crippen LogP contribution is -2.50.